The van der Waals surface area contributed by atoms with Crippen LogP contribution >= 0.6 is 0 Å². The average molecular weight is 279 g/mol. The first-order chi connectivity index (χ1) is 9.63. The minimum atomic E-state index is -0.166. The van der Waals surface area contributed by atoms with Gasteiger partial charge in [0.15, 0.2) is 11.5 Å². The molecule has 1 aromatic carbocycles. The number of carbonyl (C=O) groups excluding carboxylic acids is 1. The molecule has 1 aliphatic rings. The van der Waals surface area contributed by atoms with Crippen molar-refractivity contribution in [1.29, 1.82) is 0 Å². The first-order valence-corrected chi connectivity index (χ1v) is 6.60. The molecule has 1 unspecified atom stereocenters. The molecular formula is C14H21N3O3. The van der Waals surface area contributed by atoms with Crippen LogP contribution in [0.2, 0.25) is 0 Å². The van der Waals surface area contributed by atoms with Crippen LogP contribution in [0.3, 0.4) is 0 Å². The third-order valence-corrected chi connectivity index (χ3v) is 3.41. The average Bonchev–Trinajstić information content (AvgIpc) is 2.46. The first-order valence-electron chi connectivity index (χ1n) is 6.60. The quantitative estimate of drug-likeness (QED) is 0.801. The van der Waals surface area contributed by atoms with Crippen molar-refractivity contribution in [3.63, 3.8) is 0 Å². The zero-order valence-corrected chi connectivity index (χ0v) is 11.9. The molecule has 1 heterocycles. The number of ether oxygens (including phenoxy) is 2. The Morgan fingerprint density at radius 1 is 1.35 bits per heavy atom. The Kier molecular flexibility index (Phi) is 4.81. The fraction of sp³-hybridized carbons (Fsp3) is 0.500. The van der Waals surface area contributed by atoms with Gasteiger partial charge in [-0.25, -0.2) is 0 Å². The highest BCUT2D eigenvalue weighted by atomic mass is 16.5. The number of piperazine rings is 1. The summed E-state index contributed by atoms with van der Waals surface area (Å²) >= 11 is 0. The highest BCUT2D eigenvalue weighted by molar-refractivity contribution is 5.78. The number of benzene rings is 1. The van der Waals surface area contributed by atoms with Crippen LogP contribution < -0.4 is 20.5 Å². The zero-order chi connectivity index (χ0) is 14.5. The van der Waals surface area contributed by atoms with Crippen molar-refractivity contribution >= 4 is 5.91 Å². The van der Waals surface area contributed by atoms with Gasteiger partial charge >= 0.3 is 0 Å². The third-order valence-electron chi connectivity index (χ3n) is 3.41. The molecule has 110 valence electrons. The second-order valence-electron chi connectivity index (χ2n) is 4.81. The van der Waals surface area contributed by atoms with Gasteiger partial charge in [-0.05, 0) is 17.7 Å². The molecule has 20 heavy (non-hydrogen) atoms. The Bertz CT molecular complexity index is 479. The number of rotatable bonds is 5. The van der Waals surface area contributed by atoms with Gasteiger partial charge in [0, 0.05) is 25.7 Å². The van der Waals surface area contributed by atoms with Gasteiger partial charge in [0.1, 0.15) is 0 Å². The number of methoxy groups -OCH3 is 2. The molecular weight excluding hydrogens is 258 g/mol. The summed E-state index contributed by atoms with van der Waals surface area (Å²) in [6.45, 7) is 2.55. The topological polar surface area (TPSA) is 76.8 Å². The molecule has 0 bridgehead atoms. The molecule has 0 radical (unpaired) electrons. The summed E-state index contributed by atoms with van der Waals surface area (Å²) in [5.74, 6) is 1.40. The second-order valence-corrected chi connectivity index (χ2v) is 4.81. The summed E-state index contributed by atoms with van der Waals surface area (Å²) in [4.78, 5) is 13.4. The van der Waals surface area contributed by atoms with Crippen LogP contribution in [0, 0.1) is 0 Å². The summed E-state index contributed by atoms with van der Waals surface area (Å²) in [6, 6.07) is 5.49. The van der Waals surface area contributed by atoms with E-state index in [-0.39, 0.29) is 11.9 Å². The molecule has 0 aliphatic carbocycles. The summed E-state index contributed by atoms with van der Waals surface area (Å²) in [6.07, 6.45) is 0. The van der Waals surface area contributed by atoms with Crippen molar-refractivity contribution in [2.45, 2.75) is 6.04 Å². The SMILES string of the molecule is COc1ccc(C(N)CN2CCNC(=O)C2)cc1OC. The number of carbonyl (C=O) groups is 1. The molecule has 2 rings (SSSR count). The second kappa shape index (κ2) is 6.58. The lowest BCUT2D eigenvalue weighted by atomic mass is 10.1. The van der Waals surface area contributed by atoms with Gasteiger partial charge in [-0.1, -0.05) is 6.07 Å². The lowest BCUT2D eigenvalue weighted by Crippen LogP contribution is -2.49. The van der Waals surface area contributed by atoms with E-state index in [1.807, 2.05) is 18.2 Å². The highest BCUT2D eigenvalue weighted by Gasteiger charge is 2.19. The number of nitrogens with two attached hydrogens (primary N) is 1. The molecule has 1 atom stereocenters. The maximum atomic E-state index is 11.3. The molecule has 1 amide bonds. The maximum absolute atomic E-state index is 11.3. The van der Waals surface area contributed by atoms with Crippen LogP contribution in [0.5, 0.6) is 11.5 Å². The minimum Gasteiger partial charge on any atom is -0.493 e. The number of amides is 1. The Morgan fingerprint density at radius 3 is 2.75 bits per heavy atom. The van der Waals surface area contributed by atoms with Crippen LogP contribution in [0.25, 0.3) is 0 Å². The fourth-order valence-corrected chi connectivity index (χ4v) is 2.31. The van der Waals surface area contributed by atoms with Crippen molar-refractivity contribution in [3.8, 4) is 11.5 Å². The van der Waals surface area contributed by atoms with Crippen molar-refractivity contribution in [1.82, 2.24) is 10.2 Å². The summed E-state index contributed by atoms with van der Waals surface area (Å²) in [5, 5.41) is 2.80. The fourth-order valence-electron chi connectivity index (χ4n) is 2.31. The van der Waals surface area contributed by atoms with Gasteiger partial charge in [-0.3, -0.25) is 9.69 Å². The smallest absolute Gasteiger partial charge is 0.234 e. The Balaban J connectivity index is 2.04. The normalized spacial score (nSPS) is 17.4. The maximum Gasteiger partial charge on any atom is 0.234 e. The monoisotopic (exact) mass is 279 g/mol. The van der Waals surface area contributed by atoms with Crippen molar-refractivity contribution < 1.29 is 14.3 Å². The van der Waals surface area contributed by atoms with Gasteiger partial charge < -0.3 is 20.5 Å². The molecule has 0 aromatic heterocycles. The van der Waals surface area contributed by atoms with E-state index in [9.17, 15) is 4.79 Å². The molecule has 6 heteroatoms. The van der Waals surface area contributed by atoms with Crippen LogP contribution in [-0.4, -0.2) is 51.2 Å². The molecule has 0 saturated carbocycles. The third kappa shape index (κ3) is 3.40. The van der Waals surface area contributed by atoms with Crippen LogP contribution in [0.1, 0.15) is 11.6 Å². The lowest BCUT2D eigenvalue weighted by Gasteiger charge is -2.29. The van der Waals surface area contributed by atoms with Crippen LogP contribution in [0.4, 0.5) is 0 Å². The van der Waals surface area contributed by atoms with Gasteiger partial charge in [-0.15, -0.1) is 0 Å². The summed E-state index contributed by atoms with van der Waals surface area (Å²) in [5.41, 5.74) is 7.18. The standard InChI is InChI=1S/C14H21N3O3/c1-19-12-4-3-10(7-13(12)20-2)11(15)8-17-6-5-16-14(18)9-17/h3-4,7,11H,5-6,8-9,15H2,1-2H3,(H,16,18). The predicted octanol–water partition coefficient (Wildman–Crippen LogP) is 0.135. The predicted molar refractivity (Wildman–Crippen MR) is 75.9 cm³/mol. The highest BCUT2D eigenvalue weighted by Crippen LogP contribution is 2.29. The van der Waals surface area contributed by atoms with E-state index in [1.54, 1.807) is 14.2 Å². The van der Waals surface area contributed by atoms with Gasteiger partial charge in [-0.2, -0.15) is 0 Å². The van der Waals surface area contributed by atoms with E-state index in [0.717, 1.165) is 12.1 Å². The molecule has 3 N–H and O–H groups in total. The minimum absolute atomic E-state index is 0.0516. The van der Waals surface area contributed by atoms with Gasteiger partial charge in [0.2, 0.25) is 5.91 Å². The molecule has 6 nitrogen and oxygen atoms in total. The first kappa shape index (κ1) is 14.6. The van der Waals surface area contributed by atoms with E-state index in [2.05, 4.69) is 10.2 Å². The summed E-state index contributed by atoms with van der Waals surface area (Å²) < 4.78 is 10.5. The molecule has 0 spiro atoms. The van der Waals surface area contributed by atoms with Crippen LogP contribution in [-0.2, 0) is 4.79 Å². The van der Waals surface area contributed by atoms with Crippen molar-refractivity contribution in [2.75, 3.05) is 40.4 Å². The van der Waals surface area contributed by atoms with E-state index >= 15 is 0 Å². The number of nitrogens with zero attached hydrogens (tertiary/aromatic N) is 1. The molecule has 1 saturated heterocycles. The zero-order valence-electron chi connectivity index (χ0n) is 11.9. The van der Waals surface area contributed by atoms with E-state index in [4.69, 9.17) is 15.2 Å². The summed E-state index contributed by atoms with van der Waals surface area (Å²) in [7, 11) is 3.20. The largest absolute Gasteiger partial charge is 0.493 e. The van der Waals surface area contributed by atoms with Crippen LogP contribution in [0.15, 0.2) is 18.2 Å². The Hall–Kier alpha value is -1.79. The molecule has 1 fully saturated rings. The van der Waals surface area contributed by atoms with Crippen molar-refractivity contribution in [2.24, 2.45) is 5.73 Å². The van der Waals surface area contributed by atoms with Gasteiger partial charge in [0.25, 0.3) is 0 Å². The number of hydrogen-bond acceptors (Lipinski definition) is 5. The number of nitrogens with one attached hydrogen (secondary N) is 1. The van der Waals surface area contributed by atoms with E-state index in [1.165, 1.54) is 0 Å². The van der Waals surface area contributed by atoms with E-state index in [0.29, 0.717) is 31.1 Å². The number of hydrogen-bond donors (Lipinski definition) is 2. The van der Waals surface area contributed by atoms with Crippen molar-refractivity contribution in [3.05, 3.63) is 23.8 Å². The Morgan fingerprint density at radius 2 is 2.10 bits per heavy atom. The van der Waals surface area contributed by atoms with Gasteiger partial charge in [0.05, 0.1) is 20.8 Å². The molecule has 1 aliphatic heterocycles. The molecule has 1 aromatic rings. The lowest BCUT2D eigenvalue weighted by molar-refractivity contribution is -0.124. The Labute approximate surface area is 118 Å². The van der Waals surface area contributed by atoms with E-state index < -0.39 is 0 Å².